The van der Waals surface area contributed by atoms with Crippen molar-refractivity contribution in [2.24, 2.45) is 0 Å². The second-order valence-electron chi connectivity index (χ2n) is 8.12. The lowest BCUT2D eigenvalue weighted by Crippen LogP contribution is -2.28. The minimum Gasteiger partial charge on any atom is -0.390 e. The third-order valence-electron chi connectivity index (χ3n) is 5.94. The maximum Gasteiger partial charge on any atom is 0.191 e. The van der Waals surface area contributed by atoms with E-state index in [1.807, 2.05) is 6.07 Å². The molecule has 2 unspecified atom stereocenters. The summed E-state index contributed by atoms with van der Waals surface area (Å²) in [5.74, 6) is 2.08. The normalized spacial score (nSPS) is 28.2. The first-order chi connectivity index (χ1) is 14.7. The van der Waals surface area contributed by atoms with Gasteiger partial charge in [0.15, 0.2) is 22.1 Å². The van der Waals surface area contributed by atoms with E-state index in [0.717, 1.165) is 18.6 Å². The largest absolute Gasteiger partial charge is 0.390 e. The van der Waals surface area contributed by atoms with Gasteiger partial charge in [0.05, 0.1) is 12.1 Å². The van der Waals surface area contributed by atoms with Crippen LogP contribution in [0.4, 0.5) is 5.82 Å². The van der Waals surface area contributed by atoms with E-state index in [1.165, 1.54) is 5.56 Å². The van der Waals surface area contributed by atoms with Crippen LogP contribution in [0.5, 0.6) is 0 Å². The van der Waals surface area contributed by atoms with Crippen LogP contribution in [0.15, 0.2) is 35.5 Å². The van der Waals surface area contributed by atoms with Crippen LogP contribution >= 0.6 is 11.8 Å². The van der Waals surface area contributed by atoms with Crippen LogP contribution < -0.4 is 5.32 Å². The van der Waals surface area contributed by atoms with Crippen LogP contribution in [0.3, 0.4) is 0 Å². The van der Waals surface area contributed by atoms with Crippen LogP contribution in [0.25, 0.3) is 11.2 Å². The Bertz CT molecular complexity index is 1030. The molecular weight excluding hydrogens is 400 g/mol. The first-order valence-corrected chi connectivity index (χ1v) is 11.6. The molecule has 3 N–H and O–H groups in total. The molecule has 0 radical (unpaired) electrons. The fourth-order valence-corrected chi connectivity index (χ4v) is 4.89. The van der Waals surface area contributed by atoms with E-state index in [0.29, 0.717) is 46.9 Å². The van der Waals surface area contributed by atoms with E-state index in [4.69, 9.17) is 9.97 Å². The molecular formula is C21H26N6O2S. The first-order valence-electron chi connectivity index (χ1n) is 10.6. The van der Waals surface area contributed by atoms with Crippen molar-refractivity contribution in [2.75, 3.05) is 11.1 Å². The molecule has 2 heterocycles. The summed E-state index contributed by atoms with van der Waals surface area (Å²) in [5, 5.41) is 33.2. The number of rotatable bonds is 7. The summed E-state index contributed by atoms with van der Waals surface area (Å²) in [6.07, 6.45) is 1.66. The van der Waals surface area contributed by atoms with E-state index in [2.05, 4.69) is 46.8 Å². The van der Waals surface area contributed by atoms with E-state index in [9.17, 15) is 10.2 Å². The summed E-state index contributed by atoms with van der Waals surface area (Å²) in [7, 11) is 0. The second-order valence-corrected chi connectivity index (χ2v) is 9.18. The molecule has 2 fully saturated rings. The van der Waals surface area contributed by atoms with Gasteiger partial charge in [-0.1, -0.05) is 54.2 Å². The van der Waals surface area contributed by atoms with E-state index in [1.54, 1.807) is 16.4 Å². The summed E-state index contributed by atoms with van der Waals surface area (Å²) in [6, 6.07) is 10.5. The highest BCUT2D eigenvalue weighted by Gasteiger charge is 2.40. The monoisotopic (exact) mass is 426 g/mol. The highest BCUT2D eigenvalue weighted by atomic mass is 32.2. The van der Waals surface area contributed by atoms with Crippen molar-refractivity contribution in [1.29, 1.82) is 0 Å². The lowest BCUT2D eigenvalue weighted by atomic mass is 10.1. The summed E-state index contributed by atoms with van der Waals surface area (Å²) < 4.78 is 1.67. The Balaban J connectivity index is 1.46. The summed E-state index contributed by atoms with van der Waals surface area (Å²) in [5.41, 5.74) is 2.55. The number of thioether (sulfide) groups is 1. The molecule has 0 bridgehead atoms. The zero-order valence-corrected chi connectivity index (χ0v) is 17.7. The molecule has 5 atom stereocenters. The highest BCUT2D eigenvalue weighted by Crippen LogP contribution is 2.43. The number of aliphatic hydroxyl groups excluding tert-OH is 2. The van der Waals surface area contributed by atoms with Gasteiger partial charge in [-0.15, -0.1) is 5.10 Å². The Morgan fingerprint density at radius 1 is 1.17 bits per heavy atom. The van der Waals surface area contributed by atoms with Crippen LogP contribution in [0.2, 0.25) is 0 Å². The molecule has 0 spiro atoms. The quantitative estimate of drug-likeness (QED) is 0.391. The van der Waals surface area contributed by atoms with Gasteiger partial charge in [-0.25, -0.2) is 14.6 Å². The summed E-state index contributed by atoms with van der Waals surface area (Å²) >= 11 is 1.61. The maximum atomic E-state index is 10.4. The van der Waals surface area contributed by atoms with Crippen molar-refractivity contribution in [2.45, 2.75) is 68.0 Å². The van der Waals surface area contributed by atoms with Gasteiger partial charge in [0.25, 0.3) is 0 Å². The Kier molecular flexibility index (Phi) is 5.34. The zero-order valence-electron chi connectivity index (χ0n) is 16.8. The zero-order chi connectivity index (χ0) is 20.7. The number of aromatic nitrogens is 5. The third kappa shape index (κ3) is 3.66. The Morgan fingerprint density at radius 3 is 2.73 bits per heavy atom. The minimum atomic E-state index is -0.862. The molecule has 5 rings (SSSR count). The molecule has 0 aliphatic heterocycles. The van der Waals surface area contributed by atoms with E-state index < -0.39 is 12.2 Å². The van der Waals surface area contributed by atoms with Gasteiger partial charge < -0.3 is 15.5 Å². The predicted octanol–water partition coefficient (Wildman–Crippen LogP) is 2.75. The Labute approximate surface area is 179 Å². The topological polar surface area (TPSA) is 109 Å². The van der Waals surface area contributed by atoms with Crippen LogP contribution in [0.1, 0.15) is 50.1 Å². The summed E-state index contributed by atoms with van der Waals surface area (Å²) in [4.78, 5) is 9.43. The smallest absolute Gasteiger partial charge is 0.191 e. The molecule has 2 aromatic heterocycles. The van der Waals surface area contributed by atoms with Gasteiger partial charge >= 0.3 is 0 Å². The lowest BCUT2D eigenvalue weighted by Gasteiger charge is -2.16. The number of fused-ring (bicyclic) bond motifs is 1. The first kappa shape index (κ1) is 19.7. The second kappa shape index (κ2) is 8.13. The third-order valence-corrected chi connectivity index (χ3v) is 6.99. The van der Waals surface area contributed by atoms with Gasteiger partial charge in [-0.2, -0.15) is 0 Å². The maximum absolute atomic E-state index is 10.4. The Hall–Kier alpha value is -2.23. The van der Waals surface area contributed by atoms with Crippen molar-refractivity contribution in [3.05, 3.63) is 35.9 Å². The fourth-order valence-electron chi connectivity index (χ4n) is 4.20. The van der Waals surface area contributed by atoms with Gasteiger partial charge in [0, 0.05) is 17.7 Å². The molecule has 0 saturated heterocycles. The van der Waals surface area contributed by atoms with Crippen molar-refractivity contribution in [1.82, 2.24) is 25.0 Å². The van der Waals surface area contributed by atoms with Gasteiger partial charge in [0.1, 0.15) is 6.10 Å². The number of anilines is 1. The average Bonchev–Trinajstić information content (AvgIpc) is 3.29. The van der Waals surface area contributed by atoms with Gasteiger partial charge in [0.2, 0.25) is 0 Å². The minimum absolute atomic E-state index is 0.304. The number of hydrogen-bond acceptors (Lipinski definition) is 8. The van der Waals surface area contributed by atoms with Crippen molar-refractivity contribution in [3.8, 4) is 0 Å². The summed E-state index contributed by atoms with van der Waals surface area (Å²) in [6.45, 7) is 2.13. The van der Waals surface area contributed by atoms with Crippen molar-refractivity contribution in [3.63, 3.8) is 0 Å². The van der Waals surface area contributed by atoms with Crippen LogP contribution in [-0.2, 0) is 0 Å². The average molecular weight is 427 g/mol. The molecule has 3 aromatic rings. The van der Waals surface area contributed by atoms with Crippen LogP contribution in [-0.4, -0.2) is 59.2 Å². The lowest BCUT2D eigenvalue weighted by molar-refractivity contribution is 0.0215. The molecule has 2 aliphatic rings. The van der Waals surface area contributed by atoms with Gasteiger partial charge in [-0.05, 0) is 31.2 Å². The van der Waals surface area contributed by atoms with Crippen LogP contribution in [0, 0.1) is 0 Å². The SMILES string of the molecule is CCCSc1nc(NC2CC2c2ccccc2)c2nnn([C@@H]3CC[C@@H](O)[C@H]3O)c2n1. The van der Waals surface area contributed by atoms with Crippen molar-refractivity contribution < 1.29 is 10.2 Å². The molecule has 2 aliphatic carbocycles. The van der Waals surface area contributed by atoms with E-state index in [-0.39, 0.29) is 6.04 Å². The molecule has 0 amide bonds. The van der Waals surface area contributed by atoms with Crippen molar-refractivity contribution >= 4 is 28.7 Å². The highest BCUT2D eigenvalue weighted by molar-refractivity contribution is 7.99. The van der Waals surface area contributed by atoms with E-state index >= 15 is 0 Å². The molecule has 30 heavy (non-hydrogen) atoms. The Morgan fingerprint density at radius 2 is 2.00 bits per heavy atom. The standard InChI is InChI=1S/C21H26N6O2S/c1-2-10-30-21-23-19(22-14-11-13(14)12-6-4-3-5-7-12)17-20(24-21)27(26-25-17)15-8-9-16(28)18(15)29/h3-7,13-16,18,28-29H,2,8-11H2,1H3,(H,22,23,24)/t13?,14?,15-,16-,18+/m1/s1. The van der Waals surface area contributed by atoms with Gasteiger partial charge in [-0.3, -0.25) is 0 Å². The predicted molar refractivity (Wildman–Crippen MR) is 116 cm³/mol. The molecule has 9 heteroatoms. The number of hydrogen-bond donors (Lipinski definition) is 3. The fraction of sp³-hybridized carbons (Fsp3) is 0.524. The molecule has 1 aromatic carbocycles. The number of nitrogens with zero attached hydrogens (tertiary/aromatic N) is 5. The molecule has 2 saturated carbocycles. The molecule has 8 nitrogen and oxygen atoms in total. The molecule has 158 valence electrons. The number of nitrogens with one attached hydrogen (secondary N) is 1. The number of aliphatic hydroxyl groups is 2. The number of benzene rings is 1.